The molecule has 0 bridgehead atoms. The lowest BCUT2D eigenvalue weighted by Crippen LogP contribution is -1.91. The maximum absolute atomic E-state index is 5.37. The highest BCUT2D eigenvalue weighted by Gasteiger charge is 2.14. The molecular weight excluding hydrogens is 240 g/mol. The quantitative estimate of drug-likeness (QED) is 0.713. The van der Waals surface area contributed by atoms with Crippen molar-refractivity contribution in [2.24, 2.45) is 0 Å². The Morgan fingerprint density at radius 3 is 2.00 bits per heavy atom. The van der Waals surface area contributed by atoms with E-state index in [-0.39, 0.29) is 0 Å². The van der Waals surface area contributed by atoms with Gasteiger partial charge >= 0.3 is 0 Å². The zero-order valence-corrected chi connectivity index (χ0v) is 10.6. The Kier molecular flexibility index (Phi) is 3.20. The van der Waals surface area contributed by atoms with E-state index < -0.39 is 0 Å². The van der Waals surface area contributed by atoms with Gasteiger partial charge in [-0.2, -0.15) is 0 Å². The molecule has 0 amide bonds. The minimum Gasteiger partial charge on any atom is -0.428 e. The molecule has 1 nitrogen and oxygen atoms in total. The van der Waals surface area contributed by atoms with Crippen LogP contribution < -0.4 is 0 Å². The van der Waals surface area contributed by atoms with E-state index in [0.717, 1.165) is 4.91 Å². The number of hydrogen-bond acceptors (Lipinski definition) is 2. The van der Waals surface area contributed by atoms with Crippen LogP contribution in [-0.4, -0.2) is 0 Å². The lowest BCUT2D eigenvalue weighted by molar-refractivity contribution is 0.571. The highest BCUT2D eigenvalue weighted by atomic mass is 32.2. The zero-order valence-electron chi connectivity index (χ0n) is 9.74. The molecule has 0 saturated carbocycles. The fourth-order valence-electron chi connectivity index (χ4n) is 1.93. The van der Waals surface area contributed by atoms with Gasteiger partial charge in [-0.05, 0) is 17.2 Å². The van der Waals surface area contributed by atoms with Gasteiger partial charge in [-0.3, -0.25) is 0 Å². The Morgan fingerprint density at radius 2 is 1.33 bits per heavy atom. The number of hydrogen-bond donors (Lipinski definition) is 0. The van der Waals surface area contributed by atoms with Crippen LogP contribution in [0.3, 0.4) is 0 Å². The first-order chi connectivity index (χ1) is 8.95. The molecule has 0 N–H and O–H groups in total. The third-order valence-corrected chi connectivity index (χ3v) is 3.62. The molecule has 2 heteroatoms. The predicted molar refractivity (Wildman–Crippen MR) is 77.5 cm³/mol. The summed E-state index contributed by atoms with van der Waals surface area (Å²) in [4.78, 5) is 1.16. The van der Waals surface area contributed by atoms with Gasteiger partial charge < -0.3 is 4.18 Å². The Morgan fingerprint density at radius 1 is 0.722 bits per heavy atom. The molecule has 0 fully saturated rings. The molecule has 0 spiro atoms. The molecular formula is C16H12OS. The van der Waals surface area contributed by atoms with Crippen molar-refractivity contribution in [2.75, 3.05) is 0 Å². The maximum atomic E-state index is 5.37. The minimum atomic E-state index is 1.16. The van der Waals surface area contributed by atoms with Gasteiger partial charge in [0.1, 0.15) is 6.26 Å². The maximum Gasteiger partial charge on any atom is 0.102 e. The summed E-state index contributed by atoms with van der Waals surface area (Å²) in [5.41, 5.74) is 3.60. The highest BCUT2D eigenvalue weighted by molar-refractivity contribution is 8.04. The van der Waals surface area contributed by atoms with Crippen LogP contribution in [0.5, 0.6) is 0 Å². The summed E-state index contributed by atoms with van der Waals surface area (Å²) < 4.78 is 5.37. The molecule has 2 aromatic carbocycles. The molecule has 0 unspecified atom stereocenters. The van der Waals surface area contributed by atoms with Crippen molar-refractivity contribution in [3.8, 4) is 0 Å². The zero-order chi connectivity index (χ0) is 12.2. The second kappa shape index (κ2) is 5.15. The summed E-state index contributed by atoms with van der Waals surface area (Å²) in [7, 11) is 0. The first kappa shape index (κ1) is 11.2. The molecule has 0 atom stereocenters. The first-order valence-electron chi connectivity index (χ1n) is 5.80. The number of allylic oxidation sites excluding steroid dienone is 2. The Balaban J connectivity index is 2.13. The van der Waals surface area contributed by atoms with E-state index in [1.54, 1.807) is 6.26 Å². The average molecular weight is 252 g/mol. The fraction of sp³-hybridized carbons (Fsp3) is 0. The van der Waals surface area contributed by atoms with Crippen molar-refractivity contribution in [3.63, 3.8) is 0 Å². The van der Waals surface area contributed by atoms with Crippen LogP contribution in [0.1, 0.15) is 11.1 Å². The Labute approximate surface area is 111 Å². The third kappa shape index (κ3) is 2.20. The van der Waals surface area contributed by atoms with E-state index in [1.165, 1.54) is 28.7 Å². The van der Waals surface area contributed by atoms with E-state index in [9.17, 15) is 0 Å². The van der Waals surface area contributed by atoms with Gasteiger partial charge in [0.15, 0.2) is 0 Å². The summed E-state index contributed by atoms with van der Waals surface area (Å²) in [6.07, 6.45) is 3.76. The molecule has 1 heterocycles. The van der Waals surface area contributed by atoms with Crippen LogP contribution >= 0.6 is 12.0 Å². The molecule has 0 aliphatic carbocycles. The van der Waals surface area contributed by atoms with E-state index in [4.69, 9.17) is 4.18 Å². The predicted octanol–water partition coefficient (Wildman–Crippen LogP) is 4.75. The van der Waals surface area contributed by atoms with Crippen molar-refractivity contribution in [2.45, 2.75) is 0 Å². The second-order valence-electron chi connectivity index (χ2n) is 3.96. The van der Waals surface area contributed by atoms with Crippen molar-refractivity contribution in [1.29, 1.82) is 0 Å². The normalized spacial score (nSPS) is 14.4. The largest absolute Gasteiger partial charge is 0.428 e. The van der Waals surface area contributed by atoms with Crippen LogP contribution in [-0.2, 0) is 4.18 Å². The first-order valence-corrected chi connectivity index (χ1v) is 6.54. The van der Waals surface area contributed by atoms with E-state index in [0.29, 0.717) is 0 Å². The van der Waals surface area contributed by atoms with Gasteiger partial charge in [-0.15, -0.1) is 0 Å². The summed E-state index contributed by atoms with van der Waals surface area (Å²) in [5, 5.41) is 0. The fourth-order valence-corrected chi connectivity index (χ4v) is 2.65. The van der Waals surface area contributed by atoms with Crippen LogP contribution in [0.4, 0.5) is 0 Å². The lowest BCUT2D eigenvalue weighted by Gasteiger charge is -2.15. The van der Waals surface area contributed by atoms with Crippen LogP contribution in [0, 0.1) is 0 Å². The number of rotatable bonds is 2. The van der Waals surface area contributed by atoms with Gasteiger partial charge in [-0.1, -0.05) is 60.7 Å². The third-order valence-electron chi connectivity index (χ3n) is 2.79. The molecule has 0 radical (unpaired) electrons. The van der Waals surface area contributed by atoms with E-state index >= 15 is 0 Å². The summed E-state index contributed by atoms with van der Waals surface area (Å²) in [5.74, 6) is 0. The topological polar surface area (TPSA) is 9.23 Å². The van der Waals surface area contributed by atoms with Crippen LogP contribution in [0.15, 0.2) is 73.0 Å². The van der Waals surface area contributed by atoms with Gasteiger partial charge in [-0.25, -0.2) is 0 Å². The summed E-state index contributed by atoms with van der Waals surface area (Å²) >= 11 is 1.41. The highest BCUT2D eigenvalue weighted by Crippen LogP contribution is 2.39. The summed E-state index contributed by atoms with van der Waals surface area (Å²) in [6, 6.07) is 20.7. The van der Waals surface area contributed by atoms with Crippen LogP contribution in [0.25, 0.3) is 10.5 Å². The molecule has 0 aromatic heterocycles. The molecule has 2 aromatic rings. The van der Waals surface area contributed by atoms with Gasteiger partial charge in [0.05, 0.1) is 16.9 Å². The Hall–Kier alpha value is -1.93. The smallest absolute Gasteiger partial charge is 0.102 e. The molecule has 1 aliphatic rings. The van der Waals surface area contributed by atoms with Crippen molar-refractivity contribution >= 4 is 22.5 Å². The van der Waals surface area contributed by atoms with E-state index in [2.05, 4.69) is 36.4 Å². The van der Waals surface area contributed by atoms with Gasteiger partial charge in [0, 0.05) is 5.57 Å². The lowest BCUT2D eigenvalue weighted by atomic mass is 10.0. The van der Waals surface area contributed by atoms with E-state index in [1.807, 2.05) is 30.3 Å². The minimum absolute atomic E-state index is 1.16. The number of benzene rings is 2. The van der Waals surface area contributed by atoms with Crippen molar-refractivity contribution in [1.82, 2.24) is 0 Å². The van der Waals surface area contributed by atoms with Crippen molar-refractivity contribution in [3.05, 3.63) is 84.1 Å². The molecule has 1 aliphatic heterocycles. The van der Waals surface area contributed by atoms with Crippen LogP contribution in [0.2, 0.25) is 0 Å². The molecule has 3 rings (SSSR count). The SMILES string of the molecule is C1=CC(c2ccccc2)=C(c2ccccc2)SO1. The van der Waals surface area contributed by atoms with Gasteiger partial charge in [0.25, 0.3) is 0 Å². The Bertz CT molecular complexity index is 585. The molecule has 88 valence electrons. The summed E-state index contributed by atoms with van der Waals surface area (Å²) in [6.45, 7) is 0. The second-order valence-corrected chi connectivity index (χ2v) is 4.72. The van der Waals surface area contributed by atoms with Gasteiger partial charge in [0.2, 0.25) is 0 Å². The standard InChI is InChI=1S/C16H12OS/c1-3-7-13(8-4-1)15-11-12-17-18-16(15)14-9-5-2-6-10-14/h1-12H. The molecule has 0 saturated heterocycles. The van der Waals surface area contributed by atoms with Crippen molar-refractivity contribution < 1.29 is 4.18 Å². The molecule has 18 heavy (non-hydrogen) atoms. The average Bonchev–Trinajstić information content (AvgIpc) is 2.49. The monoisotopic (exact) mass is 252 g/mol.